The van der Waals surface area contributed by atoms with Crippen molar-refractivity contribution in [2.45, 2.75) is 6.42 Å². The predicted octanol–water partition coefficient (Wildman–Crippen LogP) is -0.454. The Bertz CT molecular complexity index is 160. The van der Waals surface area contributed by atoms with Gasteiger partial charge in [-0.05, 0) is 13.0 Å². The van der Waals surface area contributed by atoms with E-state index in [9.17, 15) is 0 Å². The van der Waals surface area contributed by atoms with Gasteiger partial charge in [-0.15, -0.1) is 0 Å². The molecular formula is C11H23N3O2. The first kappa shape index (κ1) is 12.3. The monoisotopic (exact) mass is 229 g/mol. The Morgan fingerprint density at radius 3 is 2.19 bits per heavy atom. The van der Waals surface area contributed by atoms with Gasteiger partial charge >= 0.3 is 0 Å². The van der Waals surface area contributed by atoms with Crippen LogP contribution in [0.5, 0.6) is 0 Å². The van der Waals surface area contributed by atoms with Gasteiger partial charge in [-0.2, -0.15) is 0 Å². The fourth-order valence-electron chi connectivity index (χ4n) is 2.09. The van der Waals surface area contributed by atoms with E-state index in [-0.39, 0.29) is 0 Å². The Morgan fingerprint density at radius 2 is 1.50 bits per heavy atom. The van der Waals surface area contributed by atoms with E-state index in [1.165, 1.54) is 13.0 Å². The second-order valence-electron chi connectivity index (χ2n) is 4.32. The molecule has 0 spiro atoms. The molecule has 0 unspecified atom stereocenters. The molecule has 2 aliphatic heterocycles. The molecule has 5 nitrogen and oxygen atoms in total. The third-order valence-electron chi connectivity index (χ3n) is 3.10. The predicted molar refractivity (Wildman–Crippen MR) is 62.3 cm³/mol. The van der Waals surface area contributed by atoms with E-state index in [4.69, 9.17) is 9.47 Å². The van der Waals surface area contributed by atoms with Crippen molar-refractivity contribution < 1.29 is 9.47 Å². The van der Waals surface area contributed by atoms with Gasteiger partial charge in [0.15, 0.2) is 0 Å². The zero-order valence-corrected chi connectivity index (χ0v) is 9.99. The van der Waals surface area contributed by atoms with E-state index in [0.717, 1.165) is 59.2 Å². The number of nitrogens with one attached hydrogen (secondary N) is 1. The van der Waals surface area contributed by atoms with Crippen LogP contribution in [-0.2, 0) is 9.47 Å². The van der Waals surface area contributed by atoms with Crippen molar-refractivity contribution in [1.29, 1.82) is 0 Å². The van der Waals surface area contributed by atoms with Crippen LogP contribution in [0.15, 0.2) is 0 Å². The minimum atomic E-state index is 0.858. The smallest absolute Gasteiger partial charge is 0.0608 e. The molecule has 2 saturated heterocycles. The SMILES string of the molecule is C(CNN1CCOCC1)CN1CCOCC1. The van der Waals surface area contributed by atoms with E-state index < -0.39 is 0 Å². The summed E-state index contributed by atoms with van der Waals surface area (Å²) in [5, 5.41) is 2.27. The summed E-state index contributed by atoms with van der Waals surface area (Å²) in [4.78, 5) is 2.48. The highest BCUT2D eigenvalue weighted by Crippen LogP contribution is 1.98. The quantitative estimate of drug-likeness (QED) is 0.646. The van der Waals surface area contributed by atoms with Crippen LogP contribution < -0.4 is 5.43 Å². The van der Waals surface area contributed by atoms with Crippen LogP contribution in [0.4, 0.5) is 0 Å². The standard InChI is InChI=1S/C11H23N3O2/c1(3-13-4-8-15-9-5-13)2-12-14-6-10-16-11-7-14/h12H,1-11H2. The second-order valence-corrected chi connectivity index (χ2v) is 4.32. The second kappa shape index (κ2) is 7.19. The summed E-state index contributed by atoms with van der Waals surface area (Å²) in [6.45, 7) is 9.98. The normalized spacial score (nSPS) is 24.8. The van der Waals surface area contributed by atoms with Crippen LogP contribution in [0.25, 0.3) is 0 Å². The summed E-state index contributed by atoms with van der Waals surface area (Å²) >= 11 is 0. The fourth-order valence-corrected chi connectivity index (χ4v) is 2.09. The van der Waals surface area contributed by atoms with Crippen LogP contribution in [0.2, 0.25) is 0 Å². The van der Waals surface area contributed by atoms with Gasteiger partial charge in [0, 0.05) is 32.7 Å². The Hall–Kier alpha value is -0.200. The van der Waals surface area contributed by atoms with Gasteiger partial charge in [-0.1, -0.05) is 0 Å². The number of hydrazine groups is 1. The average molecular weight is 229 g/mol. The Morgan fingerprint density at radius 1 is 0.875 bits per heavy atom. The highest BCUT2D eigenvalue weighted by Gasteiger charge is 2.11. The van der Waals surface area contributed by atoms with Crippen molar-refractivity contribution in [2.75, 3.05) is 65.7 Å². The summed E-state index contributed by atoms with van der Waals surface area (Å²) < 4.78 is 10.6. The van der Waals surface area contributed by atoms with Crippen LogP contribution >= 0.6 is 0 Å². The van der Waals surface area contributed by atoms with E-state index in [0.29, 0.717) is 0 Å². The van der Waals surface area contributed by atoms with Crippen molar-refractivity contribution in [3.05, 3.63) is 0 Å². The van der Waals surface area contributed by atoms with Gasteiger partial charge in [-0.3, -0.25) is 10.3 Å². The zero-order chi connectivity index (χ0) is 11.1. The van der Waals surface area contributed by atoms with E-state index >= 15 is 0 Å². The van der Waals surface area contributed by atoms with Crippen molar-refractivity contribution in [3.8, 4) is 0 Å². The maximum absolute atomic E-state index is 5.32. The number of morpholine rings is 2. The minimum Gasteiger partial charge on any atom is -0.379 e. The number of hydrogen-bond acceptors (Lipinski definition) is 5. The first-order valence-electron chi connectivity index (χ1n) is 6.31. The third-order valence-corrected chi connectivity index (χ3v) is 3.10. The first-order valence-corrected chi connectivity index (χ1v) is 6.31. The molecule has 0 bridgehead atoms. The summed E-state index contributed by atoms with van der Waals surface area (Å²) in [7, 11) is 0. The first-order chi connectivity index (χ1) is 7.95. The molecule has 5 heteroatoms. The molecule has 2 heterocycles. The number of ether oxygens (including phenoxy) is 2. The lowest BCUT2D eigenvalue weighted by molar-refractivity contribution is 0.00966. The molecule has 2 rings (SSSR count). The Kier molecular flexibility index (Phi) is 5.51. The molecule has 0 amide bonds. The summed E-state index contributed by atoms with van der Waals surface area (Å²) in [5.74, 6) is 0. The van der Waals surface area contributed by atoms with Gasteiger partial charge in [0.2, 0.25) is 0 Å². The van der Waals surface area contributed by atoms with Crippen molar-refractivity contribution in [3.63, 3.8) is 0 Å². The van der Waals surface area contributed by atoms with E-state index in [1.54, 1.807) is 0 Å². The molecule has 0 aromatic carbocycles. The van der Waals surface area contributed by atoms with Gasteiger partial charge in [-0.25, -0.2) is 5.01 Å². The fraction of sp³-hybridized carbons (Fsp3) is 1.00. The lowest BCUT2D eigenvalue weighted by Gasteiger charge is -2.29. The number of nitrogens with zero attached hydrogens (tertiary/aromatic N) is 2. The van der Waals surface area contributed by atoms with Gasteiger partial charge in [0.05, 0.1) is 26.4 Å². The van der Waals surface area contributed by atoms with Gasteiger partial charge in [0.25, 0.3) is 0 Å². The van der Waals surface area contributed by atoms with Gasteiger partial charge < -0.3 is 9.47 Å². The topological polar surface area (TPSA) is 37.0 Å². The summed E-state index contributed by atoms with van der Waals surface area (Å²) in [6.07, 6.45) is 1.21. The molecular weight excluding hydrogens is 206 g/mol. The van der Waals surface area contributed by atoms with Crippen molar-refractivity contribution in [2.24, 2.45) is 0 Å². The van der Waals surface area contributed by atoms with Crippen molar-refractivity contribution in [1.82, 2.24) is 15.3 Å². The molecule has 0 aliphatic carbocycles. The molecule has 0 aromatic heterocycles. The Labute approximate surface area is 97.6 Å². The lowest BCUT2D eigenvalue weighted by atomic mass is 10.3. The number of rotatable bonds is 5. The maximum atomic E-state index is 5.32. The van der Waals surface area contributed by atoms with E-state index in [1.807, 2.05) is 0 Å². The van der Waals surface area contributed by atoms with Crippen LogP contribution in [0.1, 0.15) is 6.42 Å². The molecule has 1 N–H and O–H groups in total. The van der Waals surface area contributed by atoms with Gasteiger partial charge in [0.1, 0.15) is 0 Å². The summed E-state index contributed by atoms with van der Waals surface area (Å²) in [5.41, 5.74) is 3.46. The third kappa shape index (κ3) is 4.35. The molecule has 0 saturated carbocycles. The molecule has 94 valence electrons. The zero-order valence-electron chi connectivity index (χ0n) is 9.99. The maximum Gasteiger partial charge on any atom is 0.0608 e. The molecule has 0 radical (unpaired) electrons. The molecule has 0 atom stereocenters. The Balaban J connectivity index is 1.47. The van der Waals surface area contributed by atoms with Crippen LogP contribution in [0.3, 0.4) is 0 Å². The molecule has 2 aliphatic rings. The van der Waals surface area contributed by atoms with E-state index in [2.05, 4.69) is 15.3 Å². The van der Waals surface area contributed by atoms with Crippen molar-refractivity contribution >= 4 is 0 Å². The van der Waals surface area contributed by atoms with Crippen LogP contribution in [-0.4, -0.2) is 75.6 Å². The largest absolute Gasteiger partial charge is 0.379 e. The minimum absolute atomic E-state index is 0.858. The highest BCUT2D eigenvalue weighted by molar-refractivity contribution is 4.63. The number of hydrogen-bond donors (Lipinski definition) is 1. The van der Waals surface area contributed by atoms with Crippen LogP contribution in [0, 0.1) is 0 Å². The molecule has 16 heavy (non-hydrogen) atoms. The highest BCUT2D eigenvalue weighted by atomic mass is 16.5. The lowest BCUT2D eigenvalue weighted by Crippen LogP contribution is -2.46. The average Bonchev–Trinajstić information content (AvgIpc) is 2.37. The summed E-state index contributed by atoms with van der Waals surface area (Å²) in [6, 6.07) is 0. The molecule has 2 fully saturated rings. The molecule has 0 aromatic rings.